The van der Waals surface area contributed by atoms with E-state index in [0.717, 1.165) is 62.8 Å². The normalized spacial score (nSPS) is 21.2. The summed E-state index contributed by atoms with van der Waals surface area (Å²) < 4.78 is 0. The van der Waals surface area contributed by atoms with Crippen molar-refractivity contribution in [2.45, 2.75) is 31.3 Å². The lowest BCUT2D eigenvalue weighted by Crippen LogP contribution is -2.46. The molecule has 2 amide bonds. The first-order valence-electron chi connectivity index (χ1n) is 10.8. The first-order valence-corrected chi connectivity index (χ1v) is 10.8. The molecule has 1 N–H and O–H groups in total. The minimum absolute atomic E-state index is 0.129. The lowest BCUT2D eigenvalue weighted by molar-refractivity contribution is 0.253. The zero-order valence-electron chi connectivity index (χ0n) is 17.7. The first-order chi connectivity index (χ1) is 14.6. The third kappa shape index (κ3) is 3.45. The van der Waals surface area contributed by atoms with Gasteiger partial charge in [-0.1, -0.05) is 0 Å². The largest absolute Gasteiger partial charge is 0.368 e. The molecule has 2 bridgehead atoms. The van der Waals surface area contributed by atoms with Crippen molar-refractivity contribution in [2.24, 2.45) is 0 Å². The number of amides is 2. The third-order valence-electron chi connectivity index (χ3n) is 6.59. The van der Waals surface area contributed by atoms with Crippen LogP contribution >= 0.6 is 0 Å². The van der Waals surface area contributed by atoms with Crippen LogP contribution in [0.3, 0.4) is 0 Å². The third-order valence-corrected chi connectivity index (χ3v) is 6.59. The molecule has 2 saturated heterocycles. The summed E-state index contributed by atoms with van der Waals surface area (Å²) in [6.07, 6.45) is 6.42. The second-order valence-corrected chi connectivity index (χ2v) is 8.62. The van der Waals surface area contributed by atoms with E-state index in [0.29, 0.717) is 11.7 Å². The summed E-state index contributed by atoms with van der Waals surface area (Å²) in [5.41, 5.74) is 1.76. The molecule has 0 aliphatic carbocycles. The van der Waals surface area contributed by atoms with Crippen LogP contribution in [0.1, 0.15) is 19.3 Å². The highest BCUT2D eigenvalue weighted by atomic mass is 16.2. The highest BCUT2D eigenvalue weighted by molar-refractivity contribution is 6.04. The van der Waals surface area contributed by atoms with Crippen molar-refractivity contribution in [2.75, 3.05) is 60.3 Å². The summed E-state index contributed by atoms with van der Waals surface area (Å²) in [4.78, 5) is 31.4. The van der Waals surface area contributed by atoms with Gasteiger partial charge >= 0.3 is 6.03 Å². The summed E-state index contributed by atoms with van der Waals surface area (Å²) >= 11 is 0. The number of aromatic nitrogens is 2. The number of carbonyl (C=O) groups excluding carboxylic acids is 1. The SMILES string of the molecule is CN(C)[C@H]1CCN(c2ccc3c(n2)N(C(=O)Nc2cccnc2)C2CCN3CC2)C1. The number of likely N-dealkylation sites (N-methyl/N-ethyl adjacent to an activating group) is 1. The summed E-state index contributed by atoms with van der Waals surface area (Å²) in [5, 5.41) is 3.02. The fraction of sp³-hybridized carbons (Fsp3) is 0.500. The number of urea groups is 1. The number of hydrogen-bond donors (Lipinski definition) is 1. The van der Waals surface area contributed by atoms with Crippen LogP contribution in [0, 0.1) is 0 Å². The monoisotopic (exact) mass is 407 g/mol. The van der Waals surface area contributed by atoms with Crippen molar-refractivity contribution >= 4 is 29.0 Å². The van der Waals surface area contributed by atoms with Crippen LogP contribution < -0.4 is 20.0 Å². The standard InChI is InChI=1S/C22H29N7O/c1-26(2)18-9-13-28(15-18)20-6-5-19-21(25-20)29(17-7-11-27(19)12-8-17)22(30)24-16-4-3-10-23-14-16/h3-6,10,14,17-18H,7-9,11-13,15H2,1-2H3,(H,24,30)/t18-/m0/s1. The maximum Gasteiger partial charge on any atom is 0.327 e. The Labute approximate surface area is 177 Å². The van der Waals surface area contributed by atoms with Gasteiger partial charge in [-0.05, 0) is 57.6 Å². The van der Waals surface area contributed by atoms with Gasteiger partial charge in [0, 0.05) is 44.5 Å². The molecule has 2 fully saturated rings. The molecule has 30 heavy (non-hydrogen) atoms. The number of nitrogens with zero attached hydrogens (tertiary/aromatic N) is 6. The van der Waals surface area contributed by atoms with Gasteiger partial charge in [0.15, 0.2) is 5.82 Å². The Hall–Kier alpha value is -2.87. The van der Waals surface area contributed by atoms with E-state index in [1.807, 2.05) is 17.0 Å². The Bertz CT molecular complexity index is 911. The van der Waals surface area contributed by atoms with Crippen molar-refractivity contribution < 1.29 is 4.79 Å². The minimum Gasteiger partial charge on any atom is -0.368 e. The average molecular weight is 408 g/mol. The van der Waals surface area contributed by atoms with E-state index in [4.69, 9.17) is 4.98 Å². The number of pyridine rings is 2. The Morgan fingerprint density at radius 1 is 1.10 bits per heavy atom. The van der Waals surface area contributed by atoms with Gasteiger partial charge in [-0.2, -0.15) is 0 Å². The molecule has 0 saturated carbocycles. The van der Waals surface area contributed by atoms with Crippen LogP contribution in [0.4, 0.5) is 27.8 Å². The Morgan fingerprint density at radius 3 is 2.60 bits per heavy atom. The highest BCUT2D eigenvalue weighted by Crippen LogP contribution is 2.39. The lowest BCUT2D eigenvalue weighted by Gasteiger charge is -2.31. The van der Waals surface area contributed by atoms with Crippen molar-refractivity contribution in [3.05, 3.63) is 36.7 Å². The minimum atomic E-state index is -0.129. The van der Waals surface area contributed by atoms with Crippen molar-refractivity contribution in [3.63, 3.8) is 0 Å². The molecule has 0 unspecified atom stereocenters. The molecule has 2 aromatic heterocycles. The van der Waals surface area contributed by atoms with Crippen LogP contribution in [-0.2, 0) is 0 Å². The Kier molecular flexibility index (Phi) is 4.94. The van der Waals surface area contributed by atoms with Gasteiger partial charge in [0.25, 0.3) is 0 Å². The van der Waals surface area contributed by atoms with Gasteiger partial charge in [-0.15, -0.1) is 0 Å². The molecule has 1 atom stereocenters. The summed E-state index contributed by atoms with van der Waals surface area (Å²) in [5.74, 6) is 1.74. The second-order valence-electron chi connectivity index (χ2n) is 8.62. The van der Waals surface area contributed by atoms with E-state index in [1.165, 1.54) is 0 Å². The van der Waals surface area contributed by atoms with Crippen LogP contribution in [-0.4, -0.2) is 73.3 Å². The van der Waals surface area contributed by atoms with Crippen molar-refractivity contribution in [1.82, 2.24) is 14.9 Å². The molecule has 6 rings (SSSR count). The average Bonchev–Trinajstić information content (AvgIpc) is 3.15. The molecule has 4 aliphatic rings. The number of piperidine rings is 1. The van der Waals surface area contributed by atoms with Gasteiger partial charge in [0.1, 0.15) is 5.82 Å². The molecule has 2 aromatic rings. The predicted octanol–water partition coefficient (Wildman–Crippen LogP) is 2.64. The molecule has 8 heteroatoms. The van der Waals surface area contributed by atoms with Crippen LogP contribution in [0.15, 0.2) is 36.7 Å². The van der Waals surface area contributed by atoms with Crippen molar-refractivity contribution in [3.8, 4) is 0 Å². The Morgan fingerprint density at radius 2 is 1.90 bits per heavy atom. The lowest BCUT2D eigenvalue weighted by atomic mass is 10.1. The molecule has 4 aliphatic heterocycles. The molecule has 6 heterocycles. The van der Waals surface area contributed by atoms with Crippen molar-refractivity contribution in [1.29, 1.82) is 0 Å². The number of fused-ring (bicyclic) bond motifs is 2. The topological polar surface area (TPSA) is 67.8 Å². The number of carbonyl (C=O) groups is 1. The van der Waals surface area contributed by atoms with Gasteiger partial charge in [-0.25, -0.2) is 9.78 Å². The molecular weight excluding hydrogens is 378 g/mol. The number of anilines is 4. The van der Waals surface area contributed by atoms with E-state index >= 15 is 0 Å². The quantitative estimate of drug-likeness (QED) is 0.844. The van der Waals surface area contributed by atoms with E-state index in [9.17, 15) is 4.79 Å². The van der Waals surface area contributed by atoms with Gasteiger partial charge in [0.2, 0.25) is 0 Å². The number of rotatable bonds is 3. The zero-order valence-corrected chi connectivity index (χ0v) is 17.7. The summed E-state index contributed by atoms with van der Waals surface area (Å²) in [7, 11) is 4.27. The molecule has 8 nitrogen and oxygen atoms in total. The molecule has 0 radical (unpaired) electrons. The molecule has 0 aromatic carbocycles. The van der Waals surface area contributed by atoms with Crippen LogP contribution in [0.5, 0.6) is 0 Å². The summed E-state index contributed by atoms with van der Waals surface area (Å²) in [6, 6.07) is 8.53. The first kappa shape index (κ1) is 19.1. The number of nitrogens with one attached hydrogen (secondary N) is 1. The van der Waals surface area contributed by atoms with E-state index in [2.05, 4.69) is 51.2 Å². The van der Waals surface area contributed by atoms with Crippen LogP contribution in [0.25, 0.3) is 0 Å². The maximum atomic E-state index is 13.4. The fourth-order valence-electron chi connectivity index (χ4n) is 4.82. The second kappa shape index (κ2) is 7.75. The molecule has 0 spiro atoms. The van der Waals surface area contributed by atoms with Gasteiger partial charge < -0.3 is 20.0 Å². The van der Waals surface area contributed by atoms with E-state index < -0.39 is 0 Å². The highest BCUT2D eigenvalue weighted by Gasteiger charge is 2.38. The molecule has 158 valence electrons. The predicted molar refractivity (Wildman–Crippen MR) is 120 cm³/mol. The maximum absolute atomic E-state index is 13.4. The molecular formula is C22H29N7O. The zero-order chi connectivity index (χ0) is 20.7. The Balaban J connectivity index is 1.48. The van der Waals surface area contributed by atoms with Crippen LogP contribution in [0.2, 0.25) is 0 Å². The van der Waals surface area contributed by atoms with Gasteiger partial charge in [-0.3, -0.25) is 9.88 Å². The van der Waals surface area contributed by atoms with E-state index in [-0.39, 0.29) is 12.1 Å². The summed E-state index contributed by atoms with van der Waals surface area (Å²) in [6.45, 7) is 3.88. The number of hydrogen-bond acceptors (Lipinski definition) is 6. The smallest absolute Gasteiger partial charge is 0.327 e. The fourth-order valence-corrected chi connectivity index (χ4v) is 4.82. The van der Waals surface area contributed by atoms with E-state index in [1.54, 1.807) is 12.4 Å². The van der Waals surface area contributed by atoms with Gasteiger partial charge in [0.05, 0.1) is 17.6 Å².